The number of alkyl halides is 1. The van der Waals surface area contributed by atoms with Gasteiger partial charge in [-0.15, -0.1) is 0 Å². The molecule has 1 aromatic rings. The minimum Gasteiger partial charge on any atom is -0.493 e. The molecule has 0 aliphatic carbocycles. The van der Waals surface area contributed by atoms with Gasteiger partial charge in [0, 0.05) is 5.33 Å². The summed E-state index contributed by atoms with van der Waals surface area (Å²) in [6.07, 6.45) is 0. The van der Waals surface area contributed by atoms with Crippen molar-refractivity contribution < 1.29 is 18.7 Å². The van der Waals surface area contributed by atoms with Gasteiger partial charge in [0.25, 0.3) is 0 Å². The van der Waals surface area contributed by atoms with Crippen LogP contribution >= 0.6 is 15.9 Å². The van der Waals surface area contributed by atoms with Crippen LogP contribution in [0.25, 0.3) is 0 Å². The molecular formula is C11H12BrFO3. The molecule has 0 spiro atoms. The van der Waals surface area contributed by atoms with Crippen LogP contribution in [0.2, 0.25) is 0 Å². The molecule has 0 radical (unpaired) electrons. The molecule has 1 rings (SSSR count). The fraction of sp³-hybridized carbons (Fsp3) is 0.364. The van der Waals surface area contributed by atoms with Gasteiger partial charge in [0.05, 0.1) is 13.7 Å². The van der Waals surface area contributed by atoms with Crippen LogP contribution in [-0.2, 0) is 10.1 Å². The molecule has 0 heterocycles. The zero-order chi connectivity index (χ0) is 12.1. The van der Waals surface area contributed by atoms with Crippen molar-refractivity contribution >= 4 is 21.9 Å². The van der Waals surface area contributed by atoms with E-state index in [0.29, 0.717) is 10.9 Å². The molecule has 0 N–H and O–H groups in total. The van der Waals surface area contributed by atoms with Crippen LogP contribution in [-0.4, -0.2) is 19.7 Å². The second-order valence-corrected chi connectivity index (χ2v) is 3.57. The highest BCUT2D eigenvalue weighted by atomic mass is 79.9. The molecule has 16 heavy (non-hydrogen) atoms. The Bertz CT molecular complexity index is 393. The molecule has 88 valence electrons. The van der Waals surface area contributed by atoms with Gasteiger partial charge in [-0.05, 0) is 24.6 Å². The number of hydrogen-bond acceptors (Lipinski definition) is 3. The van der Waals surface area contributed by atoms with E-state index in [0.717, 1.165) is 0 Å². The summed E-state index contributed by atoms with van der Waals surface area (Å²) in [7, 11) is 1.31. The van der Waals surface area contributed by atoms with E-state index in [1.165, 1.54) is 13.2 Å². The van der Waals surface area contributed by atoms with Crippen LogP contribution in [0.15, 0.2) is 12.1 Å². The lowest BCUT2D eigenvalue weighted by atomic mass is 10.1. The molecule has 0 atom stereocenters. The monoisotopic (exact) mass is 290 g/mol. The van der Waals surface area contributed by atoms with E-state index in [1.54, 1.807) is 13.0 Å². The first-order chi connectivity index (χ1) is 7.63. The standard InChI is InChI=1S/C11H12BrFO3/c1-3-16-11(14)8-4-7(6-12)5-9(13)10(8)15-2/h4-5H,3,6H2,1-2H3. The molecule has 0 saturated heterocycles. The van der Waals surface area contributed by atoms with Gasteiger partial charge in [-0.2, -0.15) is 0 Å². The van der Waals surface area contributed by atoms with Gasteiger partial charge in [0.15, 0.2) is 11.6 Å². The van der Waals surface area contributed by atoms with E-state index in [4.69, 9.17) is 9.47 Å². The van der Waals surface area contributed by atoms with E-state index in [-0.39, 0.29) is 17.9 Å². The fourth-order valence-corrected chi connectivity index (χ4v) is 1.62. The van der Waals surface area contributed by atoms with Crippen molar-refractivity contribution in [2.45, 2.75) is 12.3 Å². The summed E-state index contributed by atoms with van der Waals surface area (Å²) < 4.78 is 23.2. The summed E-state index contributed by atoms with van der Waals surface area (Å²) in [4.78, 5) is 11.6. The van der Waals surface area contributed by atoms with Crippen LogP contribution in [0.4, 0.5) is 4.39 Å². The van der Waals surface area contributed by atoms with Gasteiger partial charge in [-0.1, -0.05) is 15.9 Å². The molecule has 0 fully saturated rings. The van der Waals surface area contributed by atoms with Crippen LogP contribution in [0.5, 0.6) is 5.75 Å². The summed E-state index contributed by atoms with van der Waals surface area (Å²) in [5.41, 5.74) is 0.764. The van der Waals surface area contributed by atoms with E-state index in [1.807, 2.05) is 0 Å². The second kappa shape index (κ2) is 5.84. The molecule has 5 heteroatoms. The summed E-state index contributed by atoms with van der Waals surface area (Å²) in [5, 5.41) is 0.459. The fourth-order valence-electron chi connectivity index (χ4n) is 1.29. The lowest BCUT2D eigenvalue weighted by Gasteiger charge is -2.10. The average molecular weight is 291 g/mol. The Morgan fingerprint density at radius 3 is 2.69 bits per heavy atom. The van der Waals surface area contributed by atoms with Crippen LogP contribution in [0.1, 0.15) is 22.8 Å². The number of rotatable bonds is 4. The number of hydrogen-bond donors (Lipinski definition) is 0. The highest BCUT2D eigenvalue weighted by Crippen LogP contribution is 2.26. The normalized spacial score (nSPS) is 10.0. The largest absolute Gasteiger partial charge is 0.493 e. The third kappa shape index (κ3) is 2.72. The Hall–Kier alpha value is -1.10. The van der Waals surface area contributed by atoms with Gasteiger partial charge >= 0.3 is 5.97 Å². The van der Waals surface area contributed by atoms with Gasteiger partial charge in [0.1, 0.15) is 5.56 Å². The molecule has 3 nitrogen and oxygen atoms in total. The van der Waals surface area contributed by atoms with Crippen molar-refractivity contribution in [1.82, 2.24) is 0 Å². The highest BCUT2D eigenvalue weighted by Gasteiger charge is 2.18. The van der Waals surface area contributed by atoms with Crippen molar-refractivity contribution in [3.8, 4) is 5.75 Å². The maximum atomic E-state index is 13.5. The minimum absolute atomic E-state index is 0.0804. The van der Waals surface area contributed by atoms with Gasteiger partial charge in [-0.25, -0.2) is 9.18 Å². The van der Waals surface area contributed by atoms with Gasteiger partial charge < -0.3 is 9.47 Å². The van der Waals surface area contributed by atoms with Crippen LogP contribution in [0.3, 0.4) is 0 Å². The number of esters is 1. The first-order valence-electron chi connectivity index (χ1n) is 4.73. The van der Waals surface area contributed by atoms with Gasteiger partial charge in [-0.3, -0.25) is 0 Å². The zero-order valence-corrected chi connectivity index (χ0v) is 10.6. The van der Waals surface area contributed by atoms with E-state index in [9.17, 15) is 9.18 Å². The molecule has 0 aliphatic heterocycles. The topological polar surface area (TPSA) is 35.5 Å². The van der Waals surface area contributed by atoms with Crippen molar-refractivity contribution in [2.24, 2.45) is 0 Å². The first-order valence-corrected chi connectivity index (χ1v) is 5.85. The highest BCUT2D eigenvalue weighted by molar-refractivity contribution is 9.08. The third-order valence-corrected chi connectivity index (χ3v) is 2.60. The molecule has 0 bridgehead atoms. The molecule has 0 aliphatic rings. The summed E-state index contributed by atoms with van der Waals surface area (Å²) in [6, 6.07) is 2.87. The Morgan fingerprint density at radius 1 is 1.50 bits per heavy atom. The maximum absolute atomic E-state index is 13.5. The quantitative estimate of drug-likeness (QED) is 0.632. The third-order valence-electron chi connectivity index (χ3n) is 1.96. The number of carbonyl (C=O) groups excluding carboxylic acids is 1. The van der Waals surface area contributed by atoms with Crippen molar-refractivity contribution in [1.29, 1.82) is 0 Å². The summed E-state index contributed by atoms with van der Waals surface area (Å²) in [6.45, 7) is 1.93. The molecule has 0 saturated carbocycles. The Balaban J connectivity index is 3.22. The lowest BCUT2D eigenvalue weighted by molar-refractivity contribution is 0.0521. The van der Waals surface area contributed by atoms with Gasteiger partial charge in [0.2, 0.25) is 0 Å². The van der Waals surface area contributed by atoms with E-state index in [2.05, 4.69) is 15.9 Å². The Kier molecular flexibility index (Phi) is 4.73. The molecular weight excluding hydrogens is 279 g/mol. The second-order valence-electron chi connectivity index (χ2n) is 3.01. The van der Waals surface area contributed by atoms with E-state index < -0.39 is 11.8 Å². The maximum Gasteiger partial charge on any atom is 0.342 e. The summed E-state index contributed by atoms with van der Waals surface area (Å²) in [5.74, 6) is -1.23. The van der Waals surface area contributed by atoms with Crippen molar-refractivity contribution in [3.63, 3.8) is 0 Å². The summed E-state index contributed by atoms with van der Waals surface area (Å²) >= 11 is 3.20. The predicted molar refractivity (Wildman–Crippen MR) is 61.5 cm³/mol. The number of halogens is 2. The molecule has 0 amide bonds. The molecule has 1 aromatic carbocycles. The zero-order valence-electron chi connectivity index (χ0n) is 9.05. The number of carbonyl (C=O) groups is 1. The first kappa shape index (κ1) is 13.0. The number of benzene rings is 1. The Morgan fingerprint density at radius 2 is 2.19 bits per heavy atom. The molecule has 0 aromatic heterocycles. The SMILES string of the molecule is CCOC(=O)c1cc(CBr)cc(F)c1OC. The van der Waals surface area contributed by atoms with Crippen molar-refractivity contribution in [3.05, 3.63) is 29.1 Å². The van der Waals surface area contributed by atoms with Crippen molar-refractivity contribution in [2.75, 3.05) is 13.7 Å². The molecule has 0 unspecified atom stereocenters. The minimum atomic E-state index is -0.582. The smallest absolute Gasteiger partial charge is 0.342 e. The van der Waals surface area contributed by atoms with Crippen LogP contribution < -0.4 is 4.74 Å². The van der Waals surface area contributed by atoms with Crippen LogP contribution in [0, 0.1) is 5.82 Å². The number of methoxy groups -OCH3 is 1. The lowest BCUT2D eigenvalue weighted by Crippen LogP contribution is -2.08. The Labute approximate surface area is 102 Å². The van der Waals surface area contributed by atoms with E-state index >= 15 is 0 Å². The number of ether oxygens (including phenoxy) is 2. The average Bonchev–Trinajstić information content (AvgIpc) is 2.28. The predicted octanol–water partition coefficient (Wildman–Crippen LogP) is 2.91.